The summed E-state index contributed by atoms with van der Waals surface area (Å²) in [6.07, 6.45) is 5.56. The SMILES string of the molecule is COc1ccccc1NC(=O)CCN1C(=S)N[C@H](c2ccccn2)[C@@H]1c1cccn1-c1ccc(Cl)cn1. The molecule has 1 amide bonds. The fourth-order valence-corrected chi connectivity index (χ4v) is 4.95. The van der Waals surface area contributed by atoms with Gasteiger partial charge in [-0.1, -0.05) is 29.8 Å². The molecule has 2 N–H and O–H groups in total. The third-order valence-electron chi connectivity index (χ3n) is 6.20. The van der Waals surface area contributed by atoms with Crippen molar-refractivity contribution in [2.45, 2.75) is 18.5 Å². The molecule has 0 radical (unpaired) electrons. The van der Waals surface area contributed by atoms with Crippen LogP contribution in [-0.2, 0) is 4.79 Å². The first-order valence-electron chi connectivity index (χ1n) is 11.8. The molecule has 0 saturated carbocycles. The summed E-state index contributed by atoms with van der Waals surface area (Å²) in [6.45, 7) is 0.403. The molecule has 4 heterocycles. The van der Waals surface area contributed by atoms with Gasteiger partial charge in [0, 0.05) is 37.3 Å². The van der Waals surface area contributed by atoms with Gasteiger partial charge in [0.1, 0.15) is 11.6 Å². The van der Waals surface area contributed by atoms with E-state index in [1.165, 1.54) is 0 Å². The lowest BCUT2D eigenvalue weighted by Gasteiger charge is -2.28. The molecule has 1 fully saturated rings. The number of ether oxygens (including phenoxy) is 1. The van der Waals surface area contributed by atoms with Crippen molar-refractivity contribution in [3.63, 3.8) is 0 Å². The highest BCUT2D eigenvalue weighted by molar-refractivity contribution is 7.80. The van der Waals surface area contributed by atoms with Gasteiger partial charge in [-0.3, -0.25) is 9.78 Å². The molecule has 37 heavy (non-hydrogen) atoms. The van der Waals surface area contributed by atoms with Gasteiger partial charge in [-0.05, 0) is 60.7 Å². The zero-order chi connectivity index (χ0) is 25.8. The molecule has 0 unspecified atom stereocenters. The summed E-state index contributed by atoms with van der Waals surface area (Å²) in [6, 6.07) is 20.4. The minimum absolute atomic E-state index is 0.137. The Morgan fingerprint density at radius 1 is 1.11 bits per heavy atom. The molecule has 0 bridgehead atoms. The van der Waals surface area contributed by atoms with E-state index in [0.29, 0.717) is 28.1 Å². The van der Waals surface area contributed by atoms with E-state index < -0.39 is 0 Å². The first-order chi connectivity index (χ1) is 18.0. The number of carbonyl (C=O) groups excluding carboxylic acids is 1. The fourth-order valence-electron chi connectivity index (χ4n) is 4.50. The van der Waals surface area contributed by atoms with Crippen molar-refractivity contribution in [1.82, 2.24) is 24.8 Å². The number of para-hydroxylation sites is 2. The van der Waals surface area contributed by atoms with Crippen LogP contribution >= 0.6 is 23.8 Å². The topological polar surface area (TPSA) is 84.3 Å². The highest BCUT2D eigenvalue weighted by Crippen LogP contribution is 2.39. The van der Waals surface area contributed by atoms with Crippen LogP contribution in [0.1, 0.15) is 29.9 Å². The van der Waals surface area contributed by atoms with E-state index in [2.05, 4.69) is 20.6 Å². The Kier molecular flexibility index (Phi) is 7.34. The molecule has 4 aromatic rings. The number of carbonyl (C=O) groups is 1. The highest BCUT2D eigenvalue weighted by atomic mass is 35.5. The number of aromatic nitrogens is 3. The van der Waals surface area contributed by atoms with Crippen molar-refractivity contribution >= 4 is 40.5 Å². The number of rotatable bonds is 8. The second-order valence-electron chi connectivity index (χ2n) is 8.46. The number of methoxy groups -OCH3 is 1. The molecule has 1 saturated heterocycles. The maximum atomic E-state index is 12.9. The standard InChI is InChI=1S/C27H25ClN6O2S/c1-36-22-10-3-2-7-19(22)31-24(35)13-16-34-26(25(32-27(34)37)20-8-4-5-14-29-20)21-9-6-15-33(21)23-12-11-18(28)17-30-23/h2-12,14-15,17,25-26H,13,16H2,1H3,(H,31,35)(H,32,37)/t25-,26+/m1/s1. The molecule has 1 aliphatic heterocycles. The van der Waals surface area contributed by atoms with Crippen LogP contribution in [0.3, 0.4) is 0 Å². The minimum Gasteiger partial charge on any atom is -0.495 e. The third kappa shape index (κ3) is 5.28. The highest BCUT2D eigenvalue weighted by Gasteiger charge is 2.41. The number of nitrogens with zero attached hydrogens (tertiary/aromatic N) is 4. The van der Waals surface area contributed by atoms with Crippen molar-refractivity contribution in [2.24, 2.45) is 0 Å². The first-order valence-corrected chi connectivity index (χ1v) is 12.5. The van der Waals surface area contributed by atoms with Gasteiger partial charge in [0.15, 0.2) is 5.11 Å². The van der Waals surface area contributed by atoms with Crippen LogP contribution in [0.4, 0.5) is 5.69 Å². The molecule has 1 aliphatic rings. The Bertz CT molecular complexity index is 1400. The number of halogens is 1. The summed E-state index contributed by atoms with van der Waals surface area (Å²) in [5.41, 5.74) is 2.44. The quantitative estimate of drug-likeness (QED) is 0.311. The minimum atomic E-state index is -0.228. The summed E-state index contributed by atoms with van der Waals surface area (Å²) in [4.78, 5) is 24.0. The number of pyridine rings is 2. The van der Waals surface area contributed by atoms with Crippen molar-refractivity contribution in [3.8, 4) is 11.6 Å². The third-order valence-corrected chi connectivity index (χ3v) is 6.78. The molecule has 0 aliphatic carbocycles. The predicted molar refractivity (Wildman–Crippen MR) is 147 cm³/mol. The van der Waals surface area contributed by atoms with Crippen LogP contribution in [0, 0.1) is 0 Å². The smallest absolute Gasteiger partial charge is 0.226 e. The Labute approximate surface area is 225 Å². The molecule has 3 aromatic heterocycles. The van der Waals surface area contributed by atoms with Crippen molar-refractivity contribution < 1.29 is 9.53 Å². The predicted octanol–water partition coefficient (Wildman–Crippen LogP) is 4.93. The number of hydrogen-bond donors (Lipinski definition) is 2. The number of anilines is 1. The maximum Gasteiger partial charge on any atom is 0.226 e. The second-order valence-corrected chi connectivity index (χ2v) is 9.28. The lowest BCUT2D eigenvalue weighted by atomic mass is 10.0. The lowest BCUT2D eigenvalue weighted by Crippen LogP contribution is -2.33. The van der Waals surface area contributed by atoms with Crippen LogP contribution in [0.25, 0.3) is 5.82 Å². The first kappa shape index (κ1) is 24.7. The summed E-state index contributed by atoms with van der Waals surface area (Å²) >= 11 is 11.8. The Morgan fingerprint density at radius 3 is 2.70 bits per heavy atom. The van der Waals surface area contributed by atoms with Crippen LogP contribution in [0.5, 0.6) is 5.75 Å². The summed E-state index contributed by atoms with van der Waals surface area (Å²) in [5.74, 6) is 1.20. The molecular weight excluding hydrogens is 508 g/mol. The number of thiocarbonyl (C=S) groups is 1. The van der Waals surface area contributed by atoms with E-state index in [4.69, 9.17) is 28.6 Å². The molecule has 188 valence electrons. The summed E-state index contributed by atoms with van der Waals surface area (Å²) < 4.78 is 7.36. The zero-order valence-electron chi connectivity index (χ0n) is 20.0. The van der Waals surface area contributed by atoms with Crippen molar-refractivity contribution in [1.29, 1.82) is 0 Å². The van der Waals surface area contributed by atoms with Crippen LogP contribution in [0.2, 0.25) is 5.02 Å². The average Bonchev–Trinajstić information content (AvgIpc) is 3.53. The van der Waals surface area contributed by atoms with E-state index in [9.17, 15) is 4.79 Å². The van der Waals surface area contributed by atoms with Crippen LogP contribution in [-0.4, -0.2) is 44.1 Å². The number of nitrogens with one attached hydrogen (secondary N) is 2. The van der Waals surface area contributed by atoms with Gasteiger partial charge < -0.3 is 24.8 Å². The molecule has 5 rings (SSSR count). The molecular formula is C27H25ClN6O2S. The van der Waals surface area contributed by atoms with Crippen LogP contribution in [0.15, 0.2) is 85.3 Å². The lowest BCUT2D eigenvalue weighted by molar-refractivity contribution is -0.116. The maximum absolute atomic E-state index is 12.9. The Morgan fingerprint density at radius 2 is 1.95 bits per heavy atom. The Hall–Kier alpha value is -3.95. The van der Waals surface area contributed by atoms with Crippen molar-refractivity contribution in [3.05, 3.63) is 102 Å². The van der Waals surface area contributed by atoms with Gasteiger partial charge in [-0.2, -0.15) is 0 Å². The van der Waals surface area contributed by atoms with Crippen LogP contribution < -0.4 is 15.4 Å². The van der Waals surface area contributed by atoms with Crippen molar-refractivity contribution in [2.75, 3.05) is 19.0 Å². The molecule has 10 heteroatoms. The average molecular weight is 533 g/mol. The summed E-state index contributed by atoms with van der Waals surface area (Å²) in [7, 11) is 1.58. The number of benzene rings is 1. The van der Waals surface area contributed by atoms with Gasteiger partial charge in [0.25, 0.3) is 0 Å². The Balaban J connectivity index is 1.43. The largest absolute Gasteiger partial charge is 0.495 e. The molecule has 2 atom stereocenters. The van der Waals surface area contributed by atoms with Gasteiger partial charge in [0.05, 0.1) is 35.6 Å². The van der Waals surface area contributed by atoms with E-state index in [-0.39, 0.29) is 24.4 Å². The number of amides is 1. The van der Waals surface area contributed by atoms with Gasteiger partial charge in [0.2, 0.25) is 5.91 Å². The molecule has 0 spiro atoms. The summed E-state index contributed by atoms with van der Waals surface area (Å²) in [5, 5.41) is 7.49. The second kappa shape index (κ2) is 11.0. The zero-order valence-corrected chi connectivity index (χ0v) is 21.6. The van der Waals surface area contributed by atoms with Gasteiger partial charge in [-0.25, -0.2) is 4.98 Å². The molecule has 1 aromatic carbocycles. The number of hydrogen-bond acceptors (Lipinski definition) is 5. The van der Waals surface area contributed by atoms with E-state index in [0.717, 1.165) is 17.2 Å². The molecule has 8 nitrogen and oxygen atoms in total. The van der Waals surface area contributed by atoms with Gasteiger partial charge >= 0.3 is 0 Å². The van der Waals surface area contributed by atoms with Gasteiger partial charge in [-0.15, -0.1) is 0 Å². The van der Waals surface area contributed by atoms with E-state index >= 15 is 0 Å². The normalized spacial score (nSPS) is 16.9. The monoisotopic (exact) mass is 532 g/mol. The fraction of sp³-hybridized carbons (Fsp3) is 0.185. The van der Waals surface area contributed by atoms with E-state index in [1.807, 2.05) is 76.3 Å². The van der Waals surface area contributed by atoms with E-state index in [1.54, 1.807) is 25.6 Å².